The number of carboxylic acids is 1. The van der Waals surface area contributed by atoms with E-state index in [1.807, 2.05) is 36.4 Å². The Morgan fingerprint density at radius 1 is 0.672 bits per heavy atom. The summed E-state index contributed by atoms with van der Waals surface area (Å²) in [5, 5.41) is 18.6. The van der Waals surface area contributed by atoms with E-state index in [0.29, 0.717) is 23.2 Å². The molecule has 0 saturated carbocycles. The van der Waals surface area contributed by atoms with E-state index in [9.17, 15) is 51.8 Å². The molecule has 2 aromatic rings. The smallest absolute Gasteiger partial charge is 0.548 e. The van der Waals surface area contributed by atoms with Crippen LogP contribution in [0.3, 0.4) is 0 Å². The second kappa shape index (κ2) is 23.2. The molecular formula is C42H47F3N3NaO15. The van der Waals surface area contributed by atoms with Gasteiger partial charge >= 0.3 is 47.9 Å². The zero-order valence-electron chi connectivity index (χ0n) is 35.1. The fraction of sp³-hybridized carbons (Fsp3) is 0.524. The van der Waals surface area contributed by atoms with Crippen molar-refractivity contribution in [3.63, 3.8) is 0 Å². The number of alkyl halides is 3. The van der Waals surface area contributed by atoms with Crippen LogP contribution in [-0.4, -0.2) is 133 Å². The molecule has 0 N–H and O–H groups in total. The molecule has 5 aliphatic rings. The molecule has 0 aliphatic carbocycles. The summed E-state index contributed by atoms with van der Waals surface area (Å²) in [6.45, 7) is 1.39. The van der Waals surface area contributed by atoms with Crippen molar-refractivity contribution in [2.75, 3.05) is 46.2 Å². The molecule has 0 radical (unpaired) electrons. The summed E-state index contributed by atoms with van der Waals surface area (Å²) in [5.74, 6) is -4.70. The van der Waals surface area contributed by atoms with E-state index in [1.165, 1.54) is 43.3 Å². The van der Waals surface area contributed by atoms with Gasteiger partial charge in [-0.3, -0.25) is 29.0 Å². The first-order valence-electron chi connectivity index (χ1n) is 20.4. The summed E-state index contributed by atoms with van der Waals surface area (Å²) >= 11 is 0. The number of aliphatic carboxylic acids is 1. The van der Waals surface area contributed by atoms with E-state index >= 15 is 0 Å². The van der Waals surface area contributed by atoms with Crippen molar-refractivity contribution in [3.05, 3.63) is 71.8 Å². The number of likely N-dealkylation sites (tertiary alicyclic amines) is 2. The molecule has 2 bridgehead atoms. The number of esters is 1. The van der Waals surface area contributed by atoms with E-state index < -0.39 is 42.8 Å². The molecular weight excluding hydrogens is 866 g/mol. The van der Waals surface area contributed by atoms with Crippen LogP contribution in [0.15, 0.2) is 60.7 Å². The van der Waals surface area contributed by atoms with E-state index in [4.69, 9.17) is 28.8 Å². The number of quaternary nitrogens is 1. The largest absolute Gasteiger partial charge is 1.00 e. The molecule has 5 fully saturated rings. The van der Waals surface area contributed by atoms with Crippen LogP contribution in [0.5, 0.6) is 0 Å². The maximum Gasteiger partial charge on any atom is 1.00 e. The van der Waals surface area contributed by atoms with Crippen LogP contribution in [0, 0.1) is 0 Å². The standard InChI is InChI=1S/C33H39N2O8.C7H9NO5.C2HF3O2.Na/c36-29-15-16-30(37)34(29)17-20-40-32(39)41-23-42-33(24-9-3-1-4-10-24,25-11-5-2-6-12-25)31(38)43-28-21-26-13-14-27(22-28)35(26)18-7-8-19-35;9-5-1-2-6(10)8(5)3-4-13-7(11)12;3-2(4,5)1(6)7;/h1-6,9-12,26-28H,7-8,13-23H2;1-4H2,(H,11,12);(H,6,7);/q+1;;;+1/p-2. The molecule has 2 aromatic carbocycles. The Labute approximate surface area is 387 Å². The summed E-state index contributed by atoms with van der Waals surface area (Å²) in [5.41, 5.74) is -0.583. The third-order valence-corrected chi connectivity index (χ3v) is 11.7. The monoisotopic (exact) mass is 913 g/mol. The molecule has 2 unspecified atom stereocenters. The topological polar surface area (TPSA) is 235 Å². The van der Waals surface area contributed by atoms with E-state index in [2.05, 4.69) is 4.74 Å². The summed E-state index contributed by atoms with van der Waals surface area (Å²) < 4.78 is 59.7. The Balaban J connectivity index is 0.000000355. The normalized spacial score (nSPS) is 21.0. The van der Waals surface area contributed by atoms with Crippen LogP contribution < -0.4 is 39.8 Å². The minimum Gasteiger partial charge on any atom is -0.548 e. The van der Waals surface area contributed by atoms with Crippen molar-refractivity contribution in [2.45, 2.75) is 94.2 Å². The average molecular weight is 914 g/mol. The van der Waals surface area contributed by atoms with E-state index in [1.54, 1.807) is 24.3 Å². The number of carbonyl (C=O) groups is 8. The zero-order valence-corrected chi connectivity index (χ0v) is 37.1. The van der Waals surface area contributed by atoms with Gasteiger partial charge in [-0.25, -0.2) is 9.59 Å². The first-order chi connectivity index (χ1) is 30.0. The van der Waals surface area contributed by atoms with Gasteiger partial charge in [0.1, 0.15) is 18.7 Å². The third kappa shape index (κ3) is 12.8. The molecule has 22 heteroatoms. The predicted molar refractivity (Wildman–Crippen MR) is 202 cm³/mol. The fourth-order valence-corrected chi connectivity index (χ4v) is 8.91. The van der Waals surface area contributed by atoms with Gasteiger partial charge in [0.2, 0.25) is 29.2 Å². The predicted octanol–water partition coefficient (Wildman–Crippen LogP) is -1.15. The van der Waals surface area contributed by atoms with Crippen molar-refractivity contribution in [1.82, 2.24) is 9.80 Å². The third-order valence-electron chi connectivity index (χ3n) is 11.7. The maximum absolute atomic E-state index is 14.3. The SMILES string of the molecule is O=C(OCCN1C(=O)CCC1=O)OCOC(C(=O)OC1CC2CCC(C1)[N+]21CCCC1)(c1ccccc1)c1ccccc1.O=C([O-])C(F)(F)F.O=C([O-])OCCN1C(=O)CCC1=O.[Na+]. The Morgan fingerprint density at radius 2 is 1.09 bits per heavy atom. The van der Waals surface area contributed by atoms with Gasteiger partial charge < -0.3 is 48.0 Å². The second-order valence-electron chi connectivity index (χ2n) is 15.3. The number of halogens is 3. The number of amides is 4. The van der Waals surface area contributed by atoms with Crippen LogP contribution in [0.1, 0.15) is 75.3 Å². The molecule has 5 aliphatic heterocycles. The number of ether oxygens (including phenoxy) is 5. The van der Waals surface area contributed by atoms with Gasteiger partial charge in [-0.2, -0.15) is 13.2 Å². The Hall–Kier alpha value is -5.09. The first kappa shape index (κ1) is 51.5. The van der Waals surface area contributed by atoms with Crippen molar-refractivity contribution in [2.24, 2.45) is 0 Å². The molecule has 342 valence electrons. The van der Waals surface area contributed by atoms with Crippen LogP contribution in [0.4, 0.5) is 22.8 Å². The van der Waals surface area contributed by atoms with Gasteiger partial charge in [-0.15, -0.1) is 0 Å². The molecule has 5 saturated heterocycles. The van der Waals surface area contributed by atoms with Crippen LogP contribution in [-0.2, 0) is 58.1 Å². The zero-order chi connectivity index (χ0) is 45.8. The molecule has 1 spiro atoms. The van der Waals surface area contributed by atoms with Gasteiger partial charge in [0.05, 0.1) is 31.7 Å². The minimum absolute atomic E-state index is 0. The van der Waals surface area contributed by atoms with E-state index in [0.717, 1.165) is 22.6 Å². The van der Waals surface area contributed by atoms with Crippen LogP contribution >= 0.6 is 0 Å². The number of nitrogens with zero attached hydrogens (tertiary/aromatic N) is 3. The Bertz CT molecular complexity index is 1900. The first-order valence-corrected chi connectivity index (χ1v) is 20.4. The molecule has 18 nitrogen and oxygen atoms in total. The van der Waals surface area contributed by atoms with Crippen molar-refractivity contribution < 1.29 is 119 Å². The number of carbonyl (C=O) groups excluding carboxylic acids is 8. The van der Waals surface area contributed by atoms with Gasteiger partial charge in [-0.05, 0) is 11.1 Å². The molecule has 7 rings (SSSR count). The maximum atomic E-state index is 14.3. The van der Waals surface area contributed by atoms with E-state index in [-0.39, 0.29) is 111 Å². The number of imide groups is 2. The molecule has 64 heavy (non-hydrogen) atoms. The molecule has 5 heterocycles. The van der Waals surface area contributed by atoms with Crippen molar-refractivity contribution in [3.8, 4) is 0 Å². The summed E-state index contributed by atoms with van der Waals surface area (Å²) in [4.78, 5) is 92.9. The summed E-state index contributed by atoms with van der Waals surface area (Å²) in [6.07, 6.45) is -0.806. The second-order valence-corrected chi connectivity index (χ2v) is 15.3. The van der Waals surface area contributed by atoms with Crippen LogP contribution in [0.25, 0.3) is 0 Å². The van der Waals surface area contributed by atoms with Crippen LogP contribution in [0.2, 0.25) is 0 Å². The number of rotatable bonds is 13. The number of carboxylic acid groups (broad SMARTS) is 2. The van der Waals surface area contributed by atoms with Gasteiger partial charge in [-0.1, -0.05) is 60.7 Å². The number of hydrogen-bond donors (Lipinski definition) is 0. The fourth-order valence-electron chi connectivity index (χ4n) is 8.91. The van der Waals surface area contributed by atoms with Crippen molar-refractivity contribution >= 4 is 47.9 Å². The van der Waals surface area contributed by atoms with Gasteiger partial charge in [0.15, 0.2) is 6.79 Å². The molecule has 2 atom stereocenters. The summed E-state index contributed by atoms with van der Waals surface area (Å²) in [7, 11) is 0. The van der Waals surface area contributed by atoms with Gasteiger partial charge in [0, 0.05) is 77.4 Å². The Kier molecular flexibility index (Phi) is 18.7. The van der Waals surface area contributed by atoms with Crippen molar-refractivity contribution in [1.29, 1.82) is 0 Å². The number of hydrogen-bond acceptors (Lipinski definition) is 15. The molecule has 4 amide bonds. The number of benzene rings is 2. The average Bonchev–Trinajstić information content (AvgIpc) is 3.99. The Morgan fingerprint density at radius 3 is 1.50 bits per heavy atom. The summed E-state index contributed by atoms with van der Waals surface area (Å²) in [6, 6.07) is 19.2. The molecule has 0 aromatic heterocycles. The quantitative estimate of drug-likeness (QED) is 0.0577. The number of piperidine rings is 1. The van der Waals surface area contributed by atoms with Gasteiger partial charge in [0.25, 0.3) is 6.16 Å². The minimum atomic E-state index is -5.19.